The topological polar surface area (TPSA) is 86.8 Å². The lowest BCUT2D eigenvalue weighted by molar-refractivity contribution is -0.134. The maximum absolute atomic E-state index is 12.6. The largest absolute Gasteiger partial charge is 0.341 e. The SMILES string of the molecule is CC(NC(=O)c1ccccc1Cl)C(=O)N1CCC(N(C)S(C)(=O)=O)CC1. The Balaban J connectivity index is 1.92. The van der Waals surface area contributed by atoms with Crippen LogP contribution in [0.5, 0.6) is 0 Å². The zero-order valence-electron chi connectivity index (χ0n) is 15.1. The molecule has 1 aromatic rings. The smallest absolute Gasteiger partial charge is 0.253 e. The zero-order valence-corrected chi connectivity index (χ0v) is 16.7. The van der Waals surface area contributed by atoms with E-state index in [1.54, 1.807) is 43.1 Å². The van der Waals surface area contributed by atoms with Crippen LogP contribution in [0.4, 0.5) is 0 Å². The Morgan fingerprint density at radius 3 is 2.38 bits per heavy atom. The Morgan fingerprint density at radius 1 is 1.27 bits per heavy atom. The average Bonchev–Trinajstić information content (AvgIpc) is 2.60. The first-order valence-electron chi connectivity index (χ1n) is 8.38. The van der Waals surface area contributed by atoms with Gasteiger partial charge in [-0.15, -0.1) is 0 Å². The number of nitrogens with zero attached hydrogens (tertiary/aromatic N) is 2. The Bertz CT molecular complexity index is 776. The van der Waals surface area contributed by atoms with E-state index in [2.05, 4.69) is 5.32 Å². The van der Waals surface area contributed by atoms with Gasteiger partial charge in [0.05, 0.1) is 16.8 Å². The lowest BCUT2D eigenvalue weighted by atomic mass is 10.0. The fourth-order valence-electron chi connectivity index (χ4n) is 2.98. The molecule has 1 atom stereocenters. The van der Waals surface area contributed by atoms with E-state index >= 15 is 0 Å². The van der Waals surface area contributed by atoms with Crippen LogP contribution < -0.4 is 5.32 Å². The molecular formula is C17H24ClN3O4S. The number of amides is 2. The minimum absolute atomic E-state index is 0.109. The van der Waals surface area contributed by atoms with Gasteiger partial charge in [-0.25, -0.2) is 12.7 Å². The van der Waals surface area contributed by atoms with Crippen molar-refractivity contribution < 1.29 is 18.0 Å². The first-order chi connectivity index (χ1) is 12.1. The predicted octanol–water partition coefficient (Wildman–Crippen LogP) is 1.34. The molecule has 0 bridgehead atoms. The molecule has 1 heterocycles. The molecule has 144 valence electrons. The Kier molecular flexibility index (Phi) is 6.65. The van der Waals surface area contributed by atoms with Gasteiger partial charge >= 0.3 is 0 Å². The zero-order chi connectivity index (χ0) is 19.5. The van der Waals surface area contributed by atoms with Crippen LogP contribution in [0.1, 0.15) is 30.1 Å². The molecular weight excluding hydrogens is 378 g/mol. The molecule has 0 radical (unpaired) electrons. The lowest BCUT2D eigenvalue weighted by Crippen LogP contribution is -2.52. The van der Waals surface area contributed by atoms with Gasteiger partial charge < -0.3 is 10.2 Å². The maximum Gasteiger partial charge on any atom is 0.253 e. The van der Waals surface area contributed by atoms with Crippen LogP contribution >= 0.6 is 11.6 Å². The third kappa shape index (κ3) is 4.96. The van der Waals surface area contributed by atoms with E-state index < -0.39 is 22.0 Å². The highest BCUT2D eigenvalue weighted by molar-refractivity contribution is 7.88. The molecule has 26 heavy (non-hydrogen) atoms. The number of sulfonamides is 1. The van der Waals surface area contributed by atoms with E-state index in [4.69, 9.17) is 11.6 Å². The number of rotatable bonds is 5. The summed E-state index contributed by atoms with van der Waals surface area (Å²) in [5.41, 5.74) is 0.322. The number of likely N-dealkylation sites (tertiary alicyclic amines) is 1. The van der Waals surface area contributed by atoms with Crippen LogP contribution in [0.15, 0.2) is 24.3 Å². The van der Waals surface area contributed by atoms with Gasteiger partial charge in [-0.2, -0.15) is 0 Å². The summed E-state index contributed by atoms with van der Waals surface area (Å²) >= 11 is 6.00. The number of benzene rings is 1. The summed E-state index contributed by atoms with van der Waals surface area (Å²) in [6.07, 6.45) is 2.32. The monoisotopic (exact) mass is 401 g/mol. The molecule has 0 saturated carbocycles. The summed E-state index contributed by atoms with van der Waals surface area (Å²) in [4.78, 5) is 26.5. The van der Waals surface area contributed by atoms with Crippen molar-refractivity contribution >= 4 is 33.4 Å². The molecule has 0 aliphatic carbocycles. The highest BCUT2D eigenvalue weighted by atomic mass is 35.5. The minimum atomic E-state index is -3.25. The quantitative estimate of drug-likeness (QED) is 0.806. The van der Waals surface area contributed by atoms with Crippen LogP contribution in [0, 0.1) is 0 Å². The van der Waals surface area contributed by atoms with Crippen LogP contribution in [0.3, 0.4) is 0 Å². The third-order valence-electron chi connectivity index (χ3n) is 4.65. The van der Waals surface area contributed by atoms with Gasteiger partial charge in [0.25, 0.3) is 5.91 Å². The molecule has 1 aliphatic rings. The molecule has 1 N–H and O–H groups in total. The molecule has 1 saturated heterocycles. The molecule has 0 spiro atoms. The third-order valence-corrected chi connectivity index (χ3v) is 6.32. The number of hydrogen-bond donors (Lipinski definition) is 1. The van der Waals surface area contributed by atoms with E-state index in [0.29, 0.717) is 36.5 Å². The average molecular weight is 402 g/mol. The summed E-state index contributed by atoms with van der Waals surface area (Å²) < 4.78 is 24.6. The molecule has 9 heteroatoms. The van der Waals surface area contributed by atoms with Crippen LogP contribution in [-0.4, -0.2) is 67.9 Å². The van der Waals surface area contributed by atoms with Crippen molar-refractivity contribution in [1.82, 2.24) is 14.5 Å². The minimum Gasteiger partial charge on any atom is -0.341 e. The molecule has 2 amide bonds. The first kappa shape index (κ1) is 20.7. The van der Waals surface area contributed by atoms with E-state index in [9.17, 15) is 18.0 Å². The molecule has 0 aromatic heterocycles. The van der Waals surface area contributed by atoms with Crippen LogP contribution in [-0.2, 0) is 14.8 Å². The highest BCUT2D eigenvalue weighted by Gasteiger charge is 2.31. The second-order valence-corrected chi connectivity index (χ2v) is 8.96. The van der Waals surface area contributed by atoms with Crippen LogP contribution in [0.2, 0.25) is 5.02 Å². The number of hydrogen-bond acceptors (Lipinski definition) is 4. The summed E-state index contributed by atoms with van der Waals surface area (Å²) in [5, 5.41) is 3.00. The van der Waals surface area contributed by atoms with Crippen molar-refractivity contribution in [2.75, 3.05) is 26.4 Å². The number of halogens is 1. The molecule has 1 fully saturated rings. The second-order valence-electron chi connectivity index (χ2n) is 6.51. The summed E-state index contributed by atoms with van der Waals surface area (Å²) in [7, 11) is -1.69. The summed E-state index contributed by atoms with van der Waals surface area (Å²) in [5.74, 6) is -0.589. The molecule has 1 aliphatic heterocycles. The summed E-state index contributed by atoms with van der Waals surface area (Å²) in [6, 6.07) is 5.85. The maximum atomic E-state index is 12.6. The predicted molar refractivity (Wildman–Crippen MR) is 101 cm³/mol. The van der Waals surface area contributed by atoms with Crippen molar-refractivity contribution in [2.24, 2.45) is 0 Å². The Hall–Kier alpha value is -1.64. The standard InChI is InChI=1S/C17H24ClN3O4S/c1-12(19-16(22)14-6-4-5-7-15(14)18)17(23)21-10-8-13(9-11-21)20(2)26(3,24)25/h4-7,12-13H,8-11H2,1-3H3,(H,19,22). The lowest BCUT2D eigenvalue weighted by Gasteiger charge is -2.36. The van der Waals surface area contributed by atoms with E-state index in [1.807, 2.05) is 0 Å². The van der Waals surface area contributed by atoms with E-state index in [1.165, 1.54) is 10.6 Å². The van der Waals surface area contributed by atoms with Gasteiger partial charge in [-0.05, 0) is 31.9 Å². The highest BCUT2D eigenvalue weighted by Crippen LogP contribution is 2.19. The van der Waals surface area contributed by atoms with Gasteiger partial charge in [0.15, 0.2) is 0 Å². The fourth-order valence-corrected chi connectivity index (χ4v) is 3.95. The van der Waals surface area contributed by atoms with Crippen molar-refractivity contribution in [3.05, 3.63) is 34.9 Å². The fraction of sp³-hybridized carbons (Fsp3) is 0.529. The van der Waals surface area contributed by atoms with E-state index in [0.717, 1.165) is 0 Å². The van der Waals surface area contributed by atoms with Gasteiger partial charge in [-0.3, -0.25) is 9.59 Å². The van der Waals surface area contributed by atoms with Crippen molar-refractivity contribution in [2.45, 2.75) is 31.8 Å². The summed E-state index contributed by atoms with van der Waals surface area (Å²) in [6.45, 7) is 2.54. The van der Waals surface area contributed by atoms with Gasteiger partial charge in [0.2, 0.25) is 15.9 Å². The molecule has 1 aromatic carbocycles. The molecule has 2 rings (SSSR count). The molecule has 1 unspecified atom stereocenters. The number of carbonyl (C=O) groups excluding carboxylic acids is 2. The molecule has 7 nitrogen and oxygen atoms in total. The van der Waals surface area contributed by atoms with Gasteiger partial charge in [0.1, 0.15) is 6.04 Å². The number of piperidine rings is 1. The second kappa shape index (κ2) is 8.37. The first-order valence-corrected chi connectivity index (χ1v) is 10.6. The van der Waals surface area contributed by atoms with Crippen LogP contribution in [0.25, 0.3) is 0 Å². The number of nitrogens with one attached hydrogen (secondary N) is 1. The van der Waals surface area contributed by atoms with Crippen molar-refractivity contribution in [3.63, 3.8) is 0 Å². The van der Waals surface area contributed by atoms with Crippen molar-refractivity contribution in [1.29, 1.82) is 0 Å². The Labute approximate surface area is 159 Å². The van der Waals surface area contributed by atoms with Crippen molar-refractivity contribution in [3.8, 4) is 0 Å². The van der Waals surface area contributed by atoms with Gasteiger partial charge in [0, 0.05) is 26.2 Å². The normalized spacial score (nSPS) is 17.2. The van der Waals surface area contributed by atoms with Gasteiger partial charge in [-0.1, -0.05) is 23.7 Å². The Morgan fingerprint density at radius 2 is 1.85 bits per heavy atom. The van der Waals surface area contributed by atoms with E-state index in [-0.39, 0.29) is 11.9 Å². The number of carbonyl (C=O) groups is 2.